The predicted octanol–water partition coefficient (Wildman–Crippen LogP) is 3.54. The molecule has 0 radical (unpaired) electrons. The second-order valence-corrected chi connectivity index (χ2v) is 5.42. The Balaban J connectivity index is 1.86. The SMILES string of the molecule is CNC(COc1cccc(C)c1)C1CCCCC1. The molecule has 100 valence electrons. The van der Waals surface area contributed by atoms with Gasteiger partial charge in [0.2, 0.25) is 0 Å². The quantitative estimate of drug-likeness (QED) is 0.859. The van der Waals surface area contributed by atoms with Gasteiger partial charge in [0, 0.05) is 6.04 Å². The van der Waals surface area contributed by atoms with Crippen molar-refractivity contribution in [2.24, 2.45) is 5.92 Å². The minimum Gasteiger partial charge on any atom is -0.492 e. The van der Waals surface area contributed by atoms with Gasteiger partial charge < -0.3 is 10.1 Å². The van der Waals surface area contributed by atoms with Gasteiger partial charge in [-0.1, -0.05) is 31.4 Å². The number of nitrogens with one attached hydrogen (secondary N) is 1. The molecular formula is C16H25NO. The molecule has 0 bridgehead atoms. The molecule has 0 saturated heterocycles. The predicted molar refractivity (Wildman–Crippen MR) is 76.1 cm³/mol. The smallest absolute Gasteiger partial charge is 0.119 e. The Bertz CT molecular complexity index is 358. The lowest BCUT2D eigenvalue weighted by Gasteiger charge is -2.29. The molecular weight excluding hydrogens is 222 g/mol. The van der Waals surface area contributed by atoms with Crippen LogP contribution in [0.15, 0.2) is 24.3 Å². The van der Waals surface area contributed by atoms with Gasteiger partial charge >= 0.3 is 0 Å². The highest BCUT2D eigenvalue weighted by Crippen LogP contribution is 2.26. The summed E-state index contributed by atoms with van der Waals surface area (Å²) in [6.45, 7) is 2.88. The van der Waals surface area contributed by atoms with Crippen molar-refractivity contribution in [3.05, 3.63) is 29.8 Å². The van der Waals surface area contributed by atoms with Crippen molar-refractivity contribution in [1.29, 1.82) is 0 Å². The van der Waals surface area contributed by atoms with Gasteiger partial charge in [0.05, 0.1) is 0 Å². The lowest BCUT2D eigenvalue weighted by molar-refractivity contribution is 0.192. The lowest BCUT2D eigenvalue weighted by atomic mass is 9.84. The summed E-state index contributed by atoms with van der Waals surface area (Å²) in [5.74, 6) is 1.78. The van der Waals surface area contributed by atoms with Gasteiger partial charge in [0.15, 0.2) is 0 Å². The molecule has 0 aliphatic heterocycles. The van der Waals surface area contributed by atoms with Gasteiger partial charge in [-0.25, -0.2) is 0 Å². The Morgan fingerprint density at radius 3 is 2.72 bits per heavy atom. The molecule has 1 aromatic carbocycles. The van der Waals surface area contributed by atoms with E-state index in [1.54, 1.807) is 0 Å². The summed E-state index contributed by atoms with van der Waals surface area (Å²) in [5.41, 5.74) is 1.26. The standard InChI is InChI=1S/C16H25NO/c1-13-7-6-10-15(11-13)18-12-16(17-2)14-8-4-3-5-9-14/h6-7,10-11,14,16-17H,3-5,8-9,12H2,1-2H3. The fourth-order valence-electron chi connectivity index (χ4n) is 2.88. The van der Waals surface area contributed by atoms with Crippen LogP contribution >= 0.6 is 0 Å². The summed E-state index contributed by atoms with van der Waals surface area (Å²) in [4.78, 5) is 0. The van der Waals surface area contributed by atoms with Crippen LogP contribution in [0.2, 0.25) is 0 Å². The Hall–Kier alpha value is -1.02. The molecule has 18 heavy (non-hydrogen) atoms. The third-order valence-electron chi connectivity index (χ3n) is 4.01. The summed E-state index contributed by atoms with van der Waals surface area (Å²) in [6.07, 6.45) is 6.87. The molecule has 1 aromatic rings. The van der Waals surface area contributed by atoms with Gasteiger partial charge in [0.25, 0.3) is 0 Å². The molecule has 1 aliphatic carbocycles. The van der Waals surface area contributed by atoms with Gasteiger partial charge in [-0.3, -0.25) is 0 Å². The van der Waals surface area contributed by atoms with E-state index in [4.69, 9.17) is 4.74 Å². The van der Waals surface area contributed by atoms with Crippen LogP contribution in [0.3, 0.4) is 0 Å². The fraction of sp³-hybridized carbons (Fsp3) is 0.625. The first-order valence-corrected chi connectivity index (χ1v) is 7.16. The third-order valence-corrected chi connectivity index (χ3v) is 4.01. The number of rotatable bonds is 5. The molecule has 1 aliphatic rings. The van der Waals surface area contributed by atoms with Crippen molar-refractivity contribution in [3.8, 4) is 5.75 Å². The summed E-state index contributed by atoms with van der Waals surface area (Å²) in [6, 6.07) is 8.79. The van der Waals surface area contributed by atoms with Crippen LogP contribution in [0.5, 0.6) is 5.75 Å². The Morgan fingerprint density at radius 1 is 1.28 bits per heavy atom. The van der Waals surface area contributed by atoms with Crippen LogP contribution < -0.4 is 10.1 Å². The van der Waals surface area contributed by atoms with Crippen LogP contribution in [-0.4, -0.2) is 19.7 Å². The molecule has 1 fully saturated rings. The van der Waals surface area contributed by atoms with Crippen molar-refractivity contribution >= 4 is 0 Å². The monoisotopic (exact) mass is 247 g/mol. The number of hydrogen-bond donors (Lipinski definition) is 1. The van der Waals surface area contributed by atoms with Gasteiger partial charge in [-0.15, -0.1) is 0 Å². The molecule has 0 aromatic heterocycles. The van der Waals surface area contributed by atoms with Crippen LogP contribution in [0, 0.1) is 12.8 Å². The molecule has 0 amide bonds. The van der Waals surface area contributed by atoms with E-state index >= 15 is 0 Å². The first-order valence-electron chi connectivity index (χ1n) is 7.16. The van der Waals surface area contributed by atoms with E-state index in [0.717, 1.165) is 18.3 Å². The number of ether oxygens (including phenoxy) is 1. The van der Waals surface area contributed by atoms with Crippen LogP contribution in [-0.2, 0) is 0 Å². The van der Waals surface area contributed by atoms with E-state index in [0.29, 0.717) is 6.04 Å². The molecule has 0 heterocycles. The van der Waals surface area contributed by atoms with Crippen molar-refractivity contribution < 1.29 is 4.74 Å². The van der Waals surface area contributed by atoms with Crippen LogP contribution in [0.1, 0.15) is 37.7 Å². The zero-order chi connectivity index (χ0) is 12.8. The molecule has 1 N–H and O–H groups in total. The minimum absolute atomic E-state index is 0.491. The van der Waals surface area contributed by atoms with Gasteiger partial charge in [-0.05, 0) is 50.4 Å². The second kappa shape index (κ2) is 6.79. The maximum atomic E-state index is 5.93. The first kappa shape index (κ1) is 13.4. The first-order chi connectivity index (χ1) is 8.79. The molecule has 2 heteroatoms. The summed E-state index contributed by atoms with van der Waals surface area (Å²) < 4.78 is 5.93. The number of hydrogen-bond acceptors (Lipinski definition) is 2. The normalized spacial score (nSPS) is 18.6. The highest BCUT2D eigenvalue weighted by atomic mass is 16.5. The molecule has 1 unspecified atom stereocenters. The highest BCUT2D eigenvalue weighted by Gasteiger charge is 2.22. The van der Waals surface area contributed by atoms with Crippen molar-refractivity contribution in [3.63, 3.8) is 0 Å². The van der Waals surface area contributed by atoms with Gasteiger partial charge in [-0.2, -0.15) is 0 Å². The van der Waals surface area contributed by atoms with E-state index in [2.05, 4.69) is 37.5 Å². The fourth-order valence-corrected chi connectivity index (χ4v) is 2.88. The lowest BCUT2D eigenvalue weighted by Crippen LogP contribution is -2.39. The van der Waals surface area contributed by atoms with Crippen LogP contribution in [0.25, 0.3) is 0 Å². The second-order valence-electron chi connectivity index (χ2n) is 5.42. The van der Waals surface area contributed by atoms with Crippen molar-refractivity contribution in [2.45, 2.75) is 45.1 Å². The minimum atomic E-state index is 0.491. The van der Waals surface area contributed by atoms with E-state index in [1.807, 2.05) is 6.07 Å². The summed E-state index contributed by atoms with van der Waals surface area (Å²) >= 11 is 0. The number of aryl methyl sites for hydroxylation is 1. The van der Waals surface area contributed by atoms with E-state index in [9.17, 15) is 0 Å². The topological polar surface area (TPSA) is 21.3 Å². The Kier molecular flexibility index (Phi) is 5.06. The van der Waals surface area contributed by atoms with Gasteiger partial charge in [0.1, 0.15) is 12.4 Å². The molecule has 1 saturated carbocycles. The number of likely N-dealkylation sites (N-methyl/N-ethyl adjacent to an activating group) is 1. The number of benzene rings is 1. The Labute approximate surface area is 111 Å². The maximum Gasteiger partial charge on any atom is 0.119 e. The molecule has 2 rings (SSSR count). The summed E-state index contributed by atoms with van der Waals surface area (Å²) in [5, 5.41) is 3.43. The van der Waals surface area contributed by atoms with Crippen LogP contribution in [0.4, 0.5) is 0 Å². The van der Waals surface area contributed by atoms with Crippen molar-refractivity contribution in [1.82, 2.24) is 5.32 Å². The van der Waals surface area contributed by atoms with E-state index in [1.165, 1.54) is 37.7 Å². The molecule has 0 spiro atoms. The molecule has 1 atom stereocenters. The zero-order valence-corrected chi connectivity index (χ0v) is 11.6. The maximum absolute atomic E-state index is 5.93. The van der Waals surface area contributed by atoms with Crippen molar-refractivity contribution in [2.75, 3.05) is 13.7 Å². The average molecular weight is 247 g/mol. The zero-order valence-electron chi connectivity index (χ0n) is 11.6. The average Bonchev–Trinajstić information content (AvgIpc) is 2.41. The highest BCUT2D eigenvalue weighted by molar-refractivity contribution is 5.27. The Morgan fingerprint density at radius 2 is 2.06 bits per heavy atom. The molecule has 2 nitrogen and oxygen atoms in total. The third kappa shape index (κ3) is 3.74. The summed E-state index contributed by atoms with van der Waals surface area (Å²) in [7, 11) is 2.05. The van der Waals surface area contributed by atoms with E-state index < -0.39 is 0 Å². The van der Waals surface area contributed by atoms with E-state index in [-0.39, 0.29) is 0 Å². The largest absolute Gasteiger partial charge is 0.492 e.